The SMILES string of the molecule is CCCCCCCCCCCCCC(C(=O)O)[n+]1cccc(C)c1C. The Morgan fingerprint density at radius 3 is 2.00 bits per heavy atom. The Balaban J connectivity index is 2.20. The van der Waals surface area contributed by atoms with Gasteiger partial charge in [0.25, 0.3) is 6.04 Å². The van der Waals surface area contributed by atoms with E-state index in [1.54, 1.807) is 0 Å². The number of unbranched alkanes of at least 4 members (excludes halogenated alkanes) is 10. The van der Waals surface area contributed by atoms with E-state index in [1.807, 2.05) is 36.7 Å². The van der Waals surface area contributed by atoms with Gasteiger partial charge in [0.05, 0.1) is 0 Å². The van der Waals surface area contributed by atoms with Crippen molar-refractivity contribution in [3.05, 3.63) is 29.6 Å². The highest BCUT2D eigenvalue weighted by Gasteiger charge is 2.28. The van der Waals surface area contributed by atoms with E-state index in [-0.39, 0.29) is 0 Å². The lowest BCUT2D eigenvalue weighted by atomic mass is 10.0. The molecule has 0 amide bonds. The molecule has 0 aliphatic carbocycles. The Hall–Kier alpha value is -1.38. The zero-order valence-electron chi connectivity index (χ0n) is 16.6. The molecule has 3 nitrogen and oxygen atoms in total. The van der Waals surface area contributed by atoms with Gasteiger partial charge in [0.2, 0.25) is 0 Å². The lowest BCUT2D eigenvalue weighted by molar-refractivity contribution is -0.717. The summed E-state index contributed by atoms with van der Waals surface area (Å²) in [5, 5.41) is 9.58. The van der Waals surface area contributed by atoms with Crippen molar-refractivity contribution in [1.29, 1.82) is 0 Å². The van der Waals surface area contributed by atoms with Crippen molar-refractivity contribution < 1.29 is 14.5 Å². The van der Waals surface area contributed by atoms with Gasteiger partial charge in [0, 0.05) is 25.0 Å². The predicted molar refractivity (Wildman–Crippen MR) is 104 cm³/mol. The highest BCUT2D eigenvalue weighted by atomic mass is 16.4. The summed E-state index contributed by atoms with van der Waals surface area (Å²) in [6.45, 7) is 6.30. The van der Waals surface area contributed by atoms with E-state index < -0.39 is 12.0 Å². The van der Waals surface area contributed by atoms with E-state index in [0.29, 0.717) is 0 Å². The molecule has 3 heteroatoms. The van der Waals surface area contributed by atoms with Gasteiger partial charge in [-0.3, -0.25) is 0 Å². The molecule has 0 fully saturated rings. The van der Waals surface area contributed by atoms with E-state index in [2.05, 4.69) is 6.92 Å². The summed E-state index contributed by atoms with van der Waals surface area (Å²) in [6.07, 6.45) is 16.8. The van der Waals surface area contributed by atoms with Crippen LogP contribution in [-0.4, -0.2) is 11.1 Å². The Morgan fingerprint density at radius 2 is 1.48 bits per heavy atom. The van der Waals surface area contributed by atoms with Gasteiger partial charge >= 0.3 is 5.97 Å². The number of carboxylic acid groups (broad SMARTS) is 1. The van der Waals surface area contributed by atoms with Crippen LogP contribution in [0.2, 0.25) is 0 Å². The van der Waals surface area contributed by atoms with Gasteiger partial charge in [-0.25, -0.2) is 4.79 Å². The molecule has 1 rings (SSSR count). The third-order valence-corrected chi connectivity index (χ3v) is 5.25. The standard InChI is InChI=1S/C22H37NO2/c1-4-5-6-7-8-9-10-11-12-13-14-17-21(22(24)25)23-18-15-16-19(2)20(23)3/h15-16,18,21H,4-14,17H2,1-3H3/p+1. The quantitative estimate of drug-likeness (QED) is 0.335. The molecule has 0 spiro atoms. The molecule has 0 radical (unpaired) electrons. The fourth-order valence-corrected chi connectivity index (χ4v) is 3.44. The molecule has 25 heavy (non-hydrogen) atoms. The summed E-state index contributed by atoms with van der Waals surface area (Å²) in [5.41, 5.74) is 2.20. The molecular weight excluding hydrogens is 310 g/mol. The second-order valence-electron chi connectivity index (χ2n) is 7.36. The smallest absolute Gasteiger partial charge is 0.373 e. The molecule has 1 aromatic rings. The van der Waals surface area contributed by atoms with E-state index in [4.69, 9.17) is 0 Å². The number of nitrogens with zero attached hydrogens (tertiary/aromatic N) is 1. The molecule has 0 aliphatic rings. The summed E-state index contributed by atoms with van der Waals surface area (Å²) in [6, 6.07) is 3.55. The zero-order chi connectivity index (χ0) is 18.5. The molecule has 142 valence electrons. The number of aryl methyl sites for hydroxylation is 1. The zero-order valence-corrected chi connectivity index (χ0v) is 16.6. The third kappa shape index (κ3) is 8.51. The van der Waals surface area contributed by atoms with E-state index in [1.165, 1.54) is 57.8 Å². The number of carboxylic acids is 1. The van der Waals surface area contributed by atoms with Crippen LogP contribution in [0.15, 0.2) is 18.3 Å². The molecule has 0 saturated heterocycles. The van der Waals surface area contributed by atoms with Crippen molar-refractivity contribution in [3.8, 4) is 0 Å². The first-order valence-electron chi connectivity index (χ1n) is 10.3. The minimum absolute atomic E-state index is 0.432. The summed E-state index contributed by atoms with van der Waals surface area (Å²) in [5.74, 6) is -0.717. The van der Waals surface area contributed by atoms with Crippen LogP contribution in [0.1, 0.15) is 101 Å². The first-order chi connectivity index (χ1) is 12.1. The van der Waals surface area contributed by atoms with Crippen LogP contribution < -0.4 is 4.57 Å². The second-order valence-corrected chi connectivity index (χ2v) is 7.36. The normalized spacial score (nSPS) is 12.3. The molecule has 1 aromatic heterocycles. The summed E-state index contributed by atoms with van der Waals surface area (Å²) >= 11 is 0. The monoisotopic (exact) mass is 348 g/mol. The van der Waals surface area contributed by atoms with E-state index in [9.17, 15) is 9.90 Å². The third-order valence-electron chi connectivity index (χ3n) is 5.25. The van der Waals surface area contributed by atoms with Crippen LogP contribution in [-0.2, 0) is 4.79 Å². The molecule has 0 aliphatic heterocycles. The molecule has 1 unspecified atom stereocenters. The van der Waals surface area contributed by atoms with Crippen molar-refractivity contribution in [2.45, 2.75) is 104 Å². The van der Waals surface area contributed by atoms with Gasteiger partial charge < -0.3 is 5.11 Å². The minimum Gasteiger partial charge on any atom is -0.476 e. The number of hydrogen-bond donors (Lipinski definition) is 1. The van der Waals surface area contributed by atoms with Crippen LogP contribution >= 0.6 is 0 Å². The maximum absolute atomic E-state index is 11.7. The number of carbonyl (C=O) groups is 1. The second kappa shape index (κ2) is 12.9. The van der Waals surface area contributed by atoms with E-state index >= 15 is 0 Å². The Kier molecular flexibility index (Phi) is 11.2. The van der Waals surface area contributed by atoms with Gasteiger partial charge in [-0.15, -0.1) is 0 Å². The fourth-order valence-electron chi connectivity index (χ4n) is 3.44. The van der Waals surface area contributed by atoms with Crippen LogP contribution in [0, 0.1) is 13.8 Å². The average molecular weight is 349 g/mol. The van der Waals surface area contributed by atoms with E-state index in [0.717, 1.165) is 30.5 Å². The van der Waals surface area contributed by atoms with Crippen molar-refractivity contribution >= 4 is 5.97 Å². The number of aromatic nitrogens is 1. The number of pyridine rings is 1. The predicted octanol–water partition coefficient (Wildman–Crippen LogP) is 5.92. The first kappa shape index (κ1) is 21.7. The first-order valence-corrected chi connectivity index (χ1v) is 10.3. The topological polar surface area (TPSA) is 41.2 Å². The van der Waals surface area contributed by atoms with Gasteiger partial charge in [-0.1, -0.05) is 71.1 Å². The molecule has 0 saturated carbocycles. The van der Waals surface area contributed by atoms with Gasteiger partial charge in [-0.05, 0) is 19.4 Å². The van der Waals surface area contributed by atoms with Crippen LogP contribution in [0.5, 0.6) is 0 Å². The molecule has 1 atom stereocenters. The van der Waals surface area contributed by atoms with Crippen LogP contribution in [0.3, 0.4) is 0 Å². The molecule has 1 N–H and O–H groups in total. The van der Waals surface area contributed by atoms with Crippen molar-refractivity contribution in [2.24, 2.45) is 0 Å². The Labute approximate surface area is 154 Å². The highest BCUT2D eigenvalue weighted by Crippen LogP contribution is 2.16. The molecular formula is C22H38NO2+. The van der Waals surface area contributed by atoms with Crippen LogP contribution in [0.4, 0.5) is 0 Å². The van der Waals surface area contributed by atoms with Gasteiger partial charge in [0.1, 0.15) is 0 Å². The van der Waals surface area contributed by atoms with Crippen molar-refractivity contribution in [2.75, 3.05) is 0 Å². The van der Waals surface area contributed by atoms with Crippen molar-refractivity contribution in [3.63, 3.8) is 0 Å². The van der Waals surface area contributed by atoms with Gasteiger partial charge in [-0.2, -0.15) is 4.57 Å². The number of rotatable bonds is 14. The number of aliphatic carboxylic acids is 1. The summed E-state index contributed by atoms with van der Waals surface area (Å²) in [4.78, 5) is 11.7. The molecule has 0 aromatic carbocycles. The largest absolute Gasteiger partial charge is 0.476 e. The maximum Gasteiger partial charge on any atom is 0.373 e. The molecule has 0 bridgehead atoms. The summed E-state index contributed by atoms with van der Waals surface area (Å²) < 4.78 is 1.92. The fraction of sp³-hybridized carbons (Fsp3) is 0.727. The maximum atomic E-state index is 11.7. The van der Waals surface area contributed by atoms with Crippen LogP contribution in [0.25, 0.3) is 0 Å². The molecule has 1 heterocycles. The van der Waals surface area contributed by atoms with Crippen molar-refractivity contribution in [1.82, 2.24) is 0 Å². The Bertz CT molecular complexity index is 499. The Morgan fingerprint density at radius 1 is 0.960 bits per heavy atom. The average Bonchev–Trinajstić information content (AvgIpc) is 2.59. The lowest BCUT2D eigenvalue weighted by Crippen LogP contribution is -2.46. The summed E-state index contributed by atoms with van der Waals surface area (Å²) in [7, 11) is 0. The number of hydrogen-bond acceptors (Lipinski definition) is 1. The highest BCUT2D eigenvalue weighted by molar-refractivity contribution is 5.69. The van der Waals surface area contributed by atoms with Gasteiger partial charge in [0.15, 0.2) is 11.9 Å². The lowest BCUT2D eigenvalue weighted by Gasteiger charge is -2.11. The minimum atomic E-state index is -0.717.